The largest absolute Gasteiger partial charge is 0.339 e. The van der Waals surface area contributed by atoms with Crippen molar-refractivity contribution in [1.82, 2.24) is 20.5 Å². The lowest BCUT2D eigenvalue weighted by atomic mass is 10.0. The van der Waals surface area contributed by atoms with Crippen LogP contribution in [0.2, 0.25) is 0 Å². The fraction of sp³-hybridized carbons (Fsp3) is 0.308. The molecule has 4 rings (SSSR count). The number of carbonyl (C=O) groups excluding carboxylic acids is 3. The van der Waals surface area contributed by atoms with E-state index < -0.39 is 12.1 Å². The van der Waals surface area contributed by atoms with Crippen LogP contribution in [0, 0.1) is 0 Å². The van der Waals surface area contributed by atoms with E-state index in [-0.39, 0.29) is 23.6 Å². The maximum absolute atomic E-state index is 13.7. The van der Waals surface area contributed by atoms with E-state index in [9.17, 15) is 14.4 Å². The number of aromatic nitrogens is 1. The quantitative estimate of drug-likeness (QED) is 0.486. The smallest absolute Gasteiger partial charge is 0.250 e. The van der Waals surface area contributed by atoms with Gasteiger partial charge in [0, 0.05) is 17.5 Å². The second-order valence-electron chi connectivity index (χ2n) is 8.32. The van der Waals surface area contributed by atoms with E-state index in [0.29, 0.717) is 17.8 Å². The molecule has 0 unspecified atom stereocenters. The number of carbonyl (C=O) groups is 3. The molecule has 7 nitrogen and oxygen atoms in total. The predicted octanol–water partition coefficient (Wildman–Crippen LogP) is 3.50. The lowest BCUT2D eigenvalue weighted by Crippen LogP contribution is -2.47. The molecule has 1 aliphatic rings. The first-order valence-electron chi connectivity index (χ1n) is 11.4. The van der Waals surface area contributed by atoms with E-state index >= 15 is 0 Å². The van der Waals surface area contributed by atoms with E-state index in [4.69, 9.17) is 0 Å². The van der Waals surface area contributed by atoms with Gasteiger partial charge in [-0.15, -0.1) is 11.3 Å². The van der Waals surface area contributed by atoms with Crippen molar-refractivity contribution in [3.05, 3.63) is 87.9 Å². The van der Waals surface area contributed by atoms with Crippen LogP contribution in [0.1, 0.15) is 58.5 Å². The number of nitrogens with one attached hydrogen (secondary N) is 2. The number of hydrogen-bond donors (Lipinski definition) is 2. The summed E-state index contributed by atoms with van der Waals surface area (Å²) in [5.74, 6) is -0.545. The van der Waals surface area contributed by atoms with Gasteiger partial charge in [-0.1, -0.05) is 60.7 Å². The van der Waals surface area contributed by atoms with E-state index in [1.807, 2.05) is 48.5 Å². The van der Waals surface area contributed by atoms with Gasteiger partial charge in [0.25, 0.3) is 0 Å². The summed E-state index contributed by atoms with van der Waals surface area (Å²) in [7, 11) is 1.71. The first-order valence-corrected chi connectivity index (χ1v) is 12.3. The molecule has 0 spiro atoms. The minimum absolute atomic E-state index is 0.130. The first-order chi connectivity index (χ1) is 16.5. The average molecular weight is 477 g/mol. The summed E-state index contributed by atoms with van der Waals surface area (Å²) in [5, 5.41) is 8.33. The highest BCUT2D eigenvalue weighted by Crippen LogP contribution is 2.36. The van der Waals surface area contributed by atoms with Gasteiger partial charge in [0.15, 0.2) is 0 Å². The number of ketones is 1. The lowest BCUT2D eigenvalue weighted by Gasteiger charge is -2.29. The van der Waals surface area contributed by atoms with Gasteiger partial charge in [0.2, 0.25) is 17.6 Å². The molecule has 3 aromatic rings. The topological polar surface area (TPSA) is 91.4 Å². The Kier molecular flexibility index (Phi) is 7.49. The molecule has 2 amide bonds. The Morgan fingerprint density at radius 2 is 1.74 bits per heavy atom. The number of rotatable bonds is 8. The van der Waals surface area contributed by atoms with Gasteiger partial charge in [0.05, 0.1) is 12.1 Å². The van der Waals surface area contributed by atoms with Crippen molar-refractivity contribution in [2.45, 2.75) is 37.9 Å². The fourth-order valence-electron chi connectivity index (χ4n) is 4.07. The van der Waals surface area contributed by atoms with Crippen molar-refractivity contribution >= 4 is 28.9 Å². The molecule has 0 bridgehead atoms. The van der Waals surface area contributed by atoms with Crippen molar-refractivity contribution in [2.24, 2.45) is 0 Å². The number of hydrogen-bond acceptors (Lipinski definition) is 6. The Hall–Kier alpha value is -3.36. The molecule has 176 valence electrons. The molecule has 2 aromatic carbocycles. The van der Waals surface area contributed by atoms with Gasteiger partial charge < -0.3 is 15.5 Å². The first kappa shape index (κ1) is 23.8. The van der Waals surface area contributed by atoms with Gasteiger partial charge >= 0.3 is 0 Å². The van der Waals surface area contributed by atoms with E-state index in [0.717, 1.165) is 23.4 Å². The molecule has 1 fully saturated rings. The highest BCUT2D eigenvalue weighted by molar-refractivity contribution is 7.10. The van der Waals surface area contributed by atoms with E-state index in [1.54, 1.807) is 36.4 Å². The zero-order valence-electron chi connectivity index (χ0n) is 19.2. The van der Waals surface area contributed by atoms with E-state index in [2.05, 4.69) is 15.6 Å². The van der Waals surface area contributed by atoms with Gasteiger partial charge in [-0.25, -0.2) is 4.98 Å². The highest BCUT2D eigenvalue weighted by atomic mass is 32.1. The summed E-state index contributed by atoms with van der Waals surface area (Å²) >= 11 is 1.40. The molecular weight excluding hydrogens is 448 g/mol. The molecule has 2 heterocycles. The zero-order valence-corrected chi connectivity index (χ0v) is 20.0. The zero-order chi connectivity index (χ0) is 24.1. The summed E-state index contributed by atoms with van der Waals surface area (Å²) in [5.41, 5.74) is 1.71. The van der Waals surface area contributed by atoms with Crippen LogP contribution in [-0.4, -0.2) is 47.1 Å². The van der Waals surface area contributed by atoms with Crippen LogP contribution < -0.4 is 10.6 Å². The normalized spacial score (nSPS) is 17.2. The van der Waals surface area contributed by atoms with Crippen LogP contribution in [-0.2, 0) is 9.59 Å². The highest BCUT2D eigenvalue weighted by Gasteiger charge is 2.37. The third kappa shape index (κ3) is 5.08. The molecule has 34 heavy (non-hydrogen) atoms. The van der Waals surface area contributed by atoms with Gasteiger partial charge in [-0.2, -0.15) is 0 Å². The molecule has 0 aliphatic carbocycles. The van der Waals surface area contributed by atoms with Crippen LogP contribution in [0.5, 0.6) is 0 Å². The Morgan fingerprint density at radius 3 is 2.41 bits per heavy atom. The van der Waals surface area contributed by atoms with Crippen LogP contribution in [0.3, 0.4) is 0 Å². The summed E-state index contributed by atoms with van der Waals surface area (Å²) < 4.78 is 0. The van der Waals surface area contributed by atoms with Gasteiger partial charge in [0.1, 0.15) is 16.7 Å². The number of benzene rings is 2. The number of likely N-dealkylation sites (N-methyl/N-ethyl adjacent to an activating group) is 1. The fourth-order valence-corrected chi connectivity index (χ4v) is 5.01. The number of thiazole rings is 1. The maximum Gasteiger partial charge on any atom is 0.250 e. The van der Waals surface area contributed by atoms with Crippen molar-refractivity contribution in [3.8, 4) is 0 Å². The third-order valence-electron chi connectivity index (χ3n) is 6.10. The molecular formula is C26H28N4O3S. The minimum atomic E-state index is -0.796. The number of amides is 2. The predicted molar refractivity (Wildman–Crippen MR) is 132 cm³/mol. The van der Waals surface area contributed by atoms with Crippen molar-refractivity contribution < 1.29 is 14.4 Å². The second-order valence-corrected chi connectivity index (χ2v) is 9.21. The Morgan fingerprint density at radius 1 is 1.06 bits per heavy atom. The number of likely N-dealkylation sites (tertiary alicyclic amines) is 1. The molecule has 3 atom stereocenters. The maximum atomic E-state index is 13.7. The van der Waals surface area contributed by atoms with Crippen LogP contribution in [0.25, 0.3) is 0 Å². The molecule has 0 radical (unpaired) electrons. The van der Waals surface area contributed by atoms with Gasteiger partial charge in [-0.05, 0) is 32.4 Å². The Balaban J connectivity index is 1.57. The second kappa shape index (κ2) is 10.7. The average Bonchev–Trinajstić information content (AvgIpc) is 3.57. The summed E-state index contributed by atoms with van der Waals surface area (Å²) in [6.07, 6.45) is 1.60. The molecule has 1 aromatic heterocycles. The molecule has 1 saturated heterocycles. The summed E-state index contributed by atoms with van der Waals surface area (Å²) in [6.45, 7) is 2.33. The molecule has 0 saturated carbocycles. The van der Waals surface area contributed by atoms with Crippen molar-refractivity contribution in [2.75, 3.05) is 13.6 Å². The number of nitrogens with zero attached hydrogens (tertiary/aromatic N) is 2. The standard InChI is InChI=1S/C26H28N4O3S/c1-17(27-2)24(32)29-22(18-10-5-3-6-11-18)26(33)30-15-9-14-21(30)25-28-20(16-34-25)23(31)19-12-7-4-8-13-19/h3-8,10-13,16-17,21-22,27H,9,14-15H2,1-2H3,(H,29,32)/t17-,21-,22-/m1/s1. The SMILES string of the molecule is CN[C@H](C)C(=O)N[C@@H](C(=O)N1CCC[C@@H]1c1nc(C(=O)c2ccccc2)cs1)c1ccccc1. The van der Waals surface area contributed by atoms with Crippen LogP contribution in [0.4, 0.5) is 0 Å². The molecule has 8 heteroatoms. The minimum Gasteiger partial charge on any atom is -0.339 e. The Labute approximate surface area is 203 Å². The van der Waals surface area contributed by atoms with Crippen molar-refractivity contribution in [3.63, 3.8) is 0 Å². The van der Waals surface area contributed by atoms with Crippen molar-refractivity contribution in [1.29, 1.82) is 0 Å². The van der Waals surface area contributed by atoms with Gasteiger partial charge in [-0.3, -0.25) is 14.4 Å². The van der Waals surface area contributed by atoms with E-state index in [1.165, 1.54) is 11.3 Å². The molecule has 1 aliphatic heterocycles. The monoisotopic (exact) mass is 476 g/mol. The Bertz CT molecular complexity index is 1150. The van der Waals surface area contributed by atoms with Crippen LogP contribution >= 0.6 is 11.3 Å². The summed E-state index contributed by atoms with van der Waals surface area (Å²) in [6, 6.07) is 16.9. The summed E-state index contributed by atoms with van der Waals surface area (Å²) in [4.78, 5) is 45.6. The van der Waals surface area contributed by atoms with Crippen LogP contribution in [0.15, 0.2) is 66.0 Å². The lowest BCUT2D eigenvalue weighted by molar-refractivity contribution is -0.137. The molecule has 2 N–H and O–H groups in total. The third-order valence-corrected chi connectivity index (χ3v) is 7.05.